The van der Waals surface area contributed by atoms with E-state index in [1.165, 1.54) is 6.26 Å². The van der Waals surface area contributed by atoms with E-state index in [9.17, 15) is 18.3 Å². The fourth-order valence-electron chi connectivity index (χ4n) is 4.68. The van der Waals surface area contributed by atoms with Crippen LogP contribution in [0.1, 0.15) is 79.4 Å². The number of hydrogen-bond donors (Lipinski definition) is 2. The molecule has 1 amide bonds. The molecule has 1 saturated carbocycles. The summed E-state index contributed by atoms with van der Waals surface area (Å²) >= 11 is 0. The summed E-state index contributed by atoms with van der Waals surface area (Å²) in [6.07, 6.45) is 2.92. The average Bonchev–Trinajstić information content (AvgIpc) is 3.11. The van der Waals surface area contributed by atoms with Crippen LogP contribution in [0.2, 0.25) is 0 Å². The van der Waals surface area contributed by atoms with Crippen molar-refractivity contribution in [3.8, 4) is 11.4 Å². The van der Waals surface area contributed by atoms with Crippen molar-refractivity contribution < 1.29 is 31.6 Å². The quantitative estimate of drug-likeness (QED) is 0.544. The SMILES string of the molecule is [2H]C([2H])([2H])Oc1cc(CC(C)(C)C)ccc1-n1c(CC)nc(C(=O)NCC2(O)CCC(S(C)(=O)=O)CC2)c1F. The molecule has 1 heterocycles. The molecule has 36 heavy (non-hydrogen) atoms. The van der Waals surface area contributed by atoms with Gasteiger partial charge in [-0.15, -0.1) is 0 Å². The Kier molecular flexibility index (Phi) is 6.97. The van der Waals surface area contributed by atoms with Crippen LogP contribution in [-0.2, 0) is 22.7 Å². The Hall–Kier alpha value is -2.46. The minimum absolute atomic E-state index is 0.0633. The Morgan fingerprint density at radius 2 is 2.03 bits per heavy atom. The molecule has 1 aliphatic carbocycles. The Morgan fingerprint density at radius 1 is 1.36 bits per heavy atom. The van der Waals surface area contributed by atoms with Gasteiger partial charge in [0.15, 0.2) is 5.69 Å². The van der Waals surface area contributed by atoms with E-state index >= 15 is 4.39 Å². The fourth-order valence-corrected chi connectivity index (χ4v) is 5.77. The zero-order chi connectivity index (χ0) is 29.4. The molecule has 200 valence electrons. The second-order valence-corrected chi connectivity index (χ2v) is 13.3. The van der Waals surface area contributed by atoms with Gasteiger partial charge in [-0.2, -0.15) is 4.39 Å². The highest BCUT2D eigenvalue weighted by atomic mass is 32.2. The molecule has 2 aromatic rings. The molecule has 0 unspecified atom stereocenters. The van der Waals surface area contributed by atoms with E-state index in [2.05, 4.69) is 10.3 Å². The summed E-state index contributed by atoms with van der Waals surface area (Å²) < 4.78 is 68.5. The van der Waals surface area contributed by atoms with Crippen LogP contribution >= 0.6 is 0 Å². The van der Waals surface area contributed by atoms with E-state index in [1.807, 2.05) is 20.8 Å². The van der Waals surface area contributed by atoms with Gasteiger partial charge in [-0.05, 0) is 55.2 Å². The van der Waals surface area contributed by atoms with Gasteiger partial charge in [-0.25, -0.2) is 13.4 Å². The van der Waals surface area contributed by atoms with E-state index < -0.39 is 45.3 Å². The van der Waals surface area contributed by atoms with E-state index in [0.29, 0.717) is 6.42 Å². The molecule has 0 spiro atoms. The molecule has 0 bridgehead atoms. The van der Waals surface area contributed by atoms with Gasteiger partial charge >= 0.3 is 0 Å². The first-order valence-electron chi connectivity index (χ1n) is 13.6. The van der Waals surface area contributed by atoms with Crippen molar-refractivity contribution in [2.24, 2.45) is 5.41 Å². The van der Waals surface area contributed by atoms with Gasteiger partial charge in [0.2, 0.25) is 5.95 Å². The molecular weight excluding hydrogens is 485 g/mol. The second-order valence-electron chi connectivity index (χ2n) is 10.9. The van der Waals surface area contributed by atoms with Crippen molar-refractivity contribution in [3.63, 3.8) is 0 Å². The van der Waals surface area contributed by atoms with Crippen LogP contribution in [0.15, 0.2) is 18.2 Å². The molecule has 0 radical (unpaired) electrons. The van der Waals surface area contributed by atoms with E-state index in [-0.39, 0.29) is 61.3 Å². The van der Waals surface area contributed by atoms with Gasteiger partial charge < -0.3 is 15.2 Å². The lowest BCUT2D eigenvalue weighted by Gasteiger charge is -2.35. The molecule has 1 aromatic heterocycles. The summed E-state index contributed by atoms with van der Waals surface area (Å²) in [5.74, 6) is -1.71. The Labute approximate surface area is 217 Å². The van der Waals surface area contributed by atoms with Crippen LogP contribution in [0.3, 0.4) is 0 Å². The topological polar surface area (TPSA) is 111 Å². The number of aliphatic hydroxyl groups is 1. The number of amides is 1. The van der Waals surface area contributed by atoms with Crippen molar-refractivity contribution in [1.82, 2.24) is 14.9 Å². The number of sulfone groups is 1. The fraction of sp³-hybridized carbons (Fsp3) is 0.615. The Balaban J connectivity index is 1.89. The van der Waals surface area contributed by atoms with Crippen molar-refractivity contribution in [2.45, 2.75) is 77.1 Å². The van der Waals surface area contributed by atoms with Crippen LogP contribution in [0.5, 0.6) is 5.75 Å². The van der Waals surface area contributed by atoms with Crippen LogP contribution < -0.4 is 10.1 Å². The maximum absolute atomic E-state index is 15.8. The molecular formula is C26H38FN3O5S. The number of imidazole rings is 1. The number of hydrogen-bond acceptors (Lipinski definition) is 6. The molecule has 1 fully saturated rings. The minimum Gasteiger partial charge on any atom is -0.495 e. The second kappa shape index (κ2) is 10.5. The summed E-state index contributed by atoms with van der Waals surface area (Å²) in [5, 5.41) is 12.9. The zero-order valence-electron chi connectivity index (χ0n) is 24.5. The van der Waals surface area contributed by atoms with Gasteiger partial charge in [0.05, 0.1) is 27.7 Å². The zero-order valence-corrected chi connectivity index (χ0v) is 22.3. The lowest BCUT2D eigenvalue weighted by atomic mass is 9.84. The van der Waals surface area contributed by atoms with E-state index in [0.717, 1.165) is 10.1 Å². The third-order valence-corrected chi connectivity index (χ3v) is 8.26. The number of nitrogens with zero attached hydrogens (tertiary/aromatic N) is 2. The predicted molar refractivity (Wildman–Crippen MR) is 137 cm³/mol. The number of nitrogens with one attached hydrogen (secondary N) is 1. The monoisotopic (exact) mass is 526 g/mol. The summed E-state index contributed by atoms with van der Waals surface area (Å²) in [6.45, 7) is 7.64. The lowest BCUT2D eigenvalue weighted by molar-refractivity contribution is 0.00602. The van der Waals surface area contributed by atoms with Crippen LogP contribution in [-0.4, -0.2) is 59.7 Å². The molecule has 1 aliphatic rings. The summed E-state index contributed by atoms with van der Waals surface area (Å²) in [4.78, 5) is 17.1. The van der Waals surface area contributed by atoms with Gasteiger partial charge in [-0.3, -0.25) is 9.36 Å². The molecule has 2 N–H and O–H groups in total. The largest absolute Gasteiger partial charge is 0.495 e. The normalized spacial score (nSPS) is 22.4. The number of rotatable bonds is 8. The molecule has 10 heteroatoms. The van der Waals surface area contributed by atoms with Gasteiger partial charge in [0.1, 0.15) is 21.4 Å². The highest BCUT2D eigenvalue weighted by Gasteiger charge is 2.37. The van der Waals surface area contributed by atoms with Crippen molar-refractivity contribution in [2.75, 3.05) is 19.8 Å². The molecule has 1 aromatic carbocycles. The number of carbonyl (C=O) groups is 1. The Bertz CT molecular complexity index is 1310. The lowest BCUT2D eigenvalue weighted by Crippen LogP contribution is -2.47. The highest BCUT2D eigenvalue weighted by Crippen LogP contribution is 2.32. The van der Waals surface area contributed by atoms with E-state index in [4.69, 9.17) is 8.85 Å². The number of aryl methyl sites for hydroxylation is 1. The smallest absolute Gasteiger partial charge is 0.274 e. The molecule has 0 saturated heterocycles. The molecule has 0 aliphatic heterocycles. The highest BCUT2D eigenvalue weighted by molar-refractivity contribution is 7.91. The van der Waals surface area contributed by atoms with Crippen molar-refractivity contribution in [3.05, 3.63) is 41.2 Å². The van der Waals surface area contributed by atoms with Crippen molar-refractivity contribution in [1.29, 1.82) is 0 Å². The van der Waals surface area contributed by atoms with Gasteiger partial charge in [0.25, 0.3) is 5.91 Å². The first-order chi connectivity index (χ1) is 17.8. The van der Waals surface area contributed by atoms with E-state index in [1.54, 1.807) is 25.1 Å². The maximum atomic E-state index is 15.8. The summed E-state index contributed by atoms with van der Waals surface area (Å²) in [6, 6.07) is 4.87. The first kappa shape index (κ1) is 23.9. The van der Waals surface area contributed by atoms with Crippen LogP contribution in [0, 0.1) is 11.4 Å². The first-order valence-corrected chi connectivity index (χ1v) is 14.1. The summed E-state index contributed by atoms with van der Waals surface area (Å²) in [7, 11) is -6.01. The predicted octanol–water partition coefficient (Wildman–Crippen LogP) is 3.62. The number of methoxy groups -OCH3 is 1. The average molecular weight is 527 g/mol. The third-order valence-electron chi connectivity index (χ3n) is 6.58. The maximum Gasteiger partial charge on any atom is 0.274 e. The standard InChI is InChI=1S/C26H38FN3O5S/c1-7-21-29-22(24(31)28-16-26(32)12-10-18(11-13-26)36(6,33)34)23(27)30(21)19-9-8-17(14-20(19)35-5)15-25(2,3)4/h8-9,14,18,32H,7,10-13,15-16H2,1-6H3,(H,28,31)/i5D3. The third kappa shape index (κ3) is 6.45. The van der Waals surface area contributed by atoms with Gasteiger partial charge in [0, 0.05) is 19.2 Å². The van der Waals surface area contributed by atoms with Crippen LogP contribution in [0.4, 0.5) is 4.39 Å². The summed E-state index contributed by atoms with van der Waals surface area (Å²) in [5.41, 5.74) is -0.998. The molecule has 3 rings (SSSR count). The number of aromatic nitrogens is 2. The molecule has 0 atom stereocenters. The number of benzene rings is 1. The number of carbonyl (C=O) groups excluding carboxylic acids is 1. The molecule has 8 nitrogen and oxygen atoms in total. The van der Waals surface area contributed by atoms with Crippen molar-refractivity contribution >= 4 is 15.7 Å². The Morgan fingerprint density at radius 3 is 2.58 bits per heavy atom. The van der Waals surface area contributed by atoms with Crippen LogP contribution in [0.25, 0.3) is 5.69 Å². The van der Waals surface area contributed by atoms with Gasteiger partial charge in [-0.1, -0.05) is 33.8 Å². The number of ether oxygens (including phenoxy) is 1. The minimum atomic E-state index is -3.22. The number of halogens is 1.